The molecule has 5 nitrogen and oxygen atoms in total. The van der Waals surface area contributed by atoms with Gasteiger partial charge in [0.15, 0.2) is 0 Å². The maximum Gasteiger partial charge on any atom is 0.350 e. The standard InChI is InChI=1S/C20H16FNO4S/c1-25-20(24)18-16(10-11-27-18)22-19(23)15-4-2-3-5-17(15)26-12-13-6-8-14(21)9-7-13/h2-11H,12H2,1H3,(H,22,23). The Morgan fingerprint density at radius 3 is 2.56 bits per heavy atom. The maximum absolute atomic E-state index is 13.0. The van der Waals surface area contributed by atoms with Crippen LogP contribution in [0.15, 0.2) is 60.0 Å². The monoisotopic (exact) mass is 385 g/mol. The average molecular weight is 385 g/mol. The van der Waals surface area contributed by atoms with Crippen molar-refractivity contribution < 1.29 is 23.5 Å². The fraction of sp³-hybridized carbons (Fsp3) is 0.100. The van der Waals surface area contributed by atoms with Crippen LogP contribution < -0.4 is 10.1 Å². The molecule has 1 heterocycles. The molecule has 0 aliphatic carbocycles. The number of halogens is 1. The van der Waals surface area contributed by atoms with Gasteiger partial charge in [0.1, 0.15) is 23.1 Å². The quantitative estimate of drug-likeness (QED) is 0.635. The number of hydrogen-bond acceptors (Lipinski definition) is 5. The molecular formula is C20H16FNO4S. The van der Waals surface area contributed by atoms with Gasteiger partial charge in [-0.25, -0.2) is 9.18 Å². The molecule has 0 saturated heterocycles. The van der Waals surface area contributed by atoms with E-state index < -0.39 is 11.9 Å². The Hall–Kier alpha value is -3.19. The third-order valence-corrected chi connectivity index (χ3v) is 4.62. The number of carbonyl (C=O) groups is 2. The highest BCUT2D eigenvalue weighted by Crippen LogP contribution is 2.26. The molecule has 7 heteroatoms. The molecule has 2 aromatic carbocycles. The van der Waals surface area contributed by atoms with Crippen molar-refractivity contribution in [2.75, 3.05) is 12.4 Å². The lowest BCUT2D eigenvalue weighted by atomic mass is 10.1. The largest absolute Gasteiger partial charge is 0.488 e. The molecule has 1 N–H and O–H groups in total. The number of para-hydroxylation sites is 1. The van der Waals surface area contributed by atoms with Crippen LogP contribution in [0.5, 0.6) is 5.75 Å². The highest BCUT2D eigenvalue weighted by Gasteiger charge is 2.18. The number of hydrogen-bond donors (Lipinski definition) is 1. The minimum absolute atomic E-state index is 0.191. The second kappa shape index (κ2) is 8.46. The van der Waals surface area contributed by atoms with Gasteiger partial charge in [-0.1, -0.05) is 24.3 Å². The topological polar surface area (TPSA) is 64.6 Å². The van der Waals surface area contributed by atoms with Crippen molar-refractivity contribution in [1.29, 1.82) is 0 Å². The van der Waals surface area contributed by atoms with E-state index in [-0.39, 0.29) is 12.4 Å². The minimum Gasteiger partial charge on any atom is -0.488 e. The van der Waals surface area contributed by atoms with Crippen LogP contribution in [-0.2, 0) is 11.3 Å². The van der Waals surface area contributed by atoms with Gasteiger partial charge in [-0.2, -0.15) is 0 Å². The van der Waals surface area contributed by atoms with Gasteiger partial charge in [-0.15, -0.1) is 11.3 Å². The Balaban J connectivity index is 1.75. The summed E-state index contributed by atoms with van der Waals surface area (Å²) < 4.78 is 23.4. The minimum atomic E-state index is -0.513. The SMILES string of the molecule is COC(=O)c1sccc1NC(=O)c1ccccc1OCc1ccc(F)cc1. The van der Waals surface area contributed by atoms with Crippen LogP contribution in [0.3, 0.4) is 0 Å². The third-order valence-electron chi connectivity index (χ3n) is 3.72. The molecule has 0 unspecified atom stereocenters. The lowest BCUT2D eigenvalue weighted by molar-refractivity contribution is 0.0607. The van der Waals surface area contributed by atoms with E-state index in [2.05, 4.69) is 5.32 Å². The summed E-state index contributed by atoms with van der Waals surface area (Å²) in [6.07, 6.45) is 0. The molecule has 0 fully saturated rings. The molecule has 138 valence electrons. The van der Waals surface area contributed by atoms with Crippen LogP contribution in [0.1, 0.15) is 25.6 Å². The summed E-state index contributed by atoms with van der Waals surface area (Å²) in [7, 11) is 1.28. The van der Waals surface area contributed by atoms with Crippen molar-refractivity contribution in [3.8, 4) is 5.75 Å². The Morgan fingerprint density at radius 2 is 1.81 bits per heavy atom. The first kappa shape index (κ1) is 18.6. The zero-order valence-electron chi connectivity index (χ0n) is 14.4. The number of amides is 1. The first-order chi connectivity index (χ1) is 13.1. The molecular weight excluding hydrogens is 369 g/mol. The van der Waals surface area contributed by atoms with Crippen molar-refractivity contribution in [1.82, 2.24) is 0 Å². The molecule has 1 aromatic heterocycles. The normalized spacial score (nSPS) is 10.3. The number of nitrogens with one attached hydrogen (secondary N) is 1. The summed E-state index contributed by atoms with van der Waals surface area (Å²) in [4.78, 5) is 24.7. The van der Waals surface area contributed by atoms with Crippen molar-refractivity contribution in [3.05, 3.63) is 81.8 Å². The zero-order chi connectivity index (χ0) is 19.2. The lowest BCUT2D eigenvalue weighted by Gasteiger charge is -2.12. The lowest BCUT2D eigenvalue weighted by Crippen LogP contribution is -2.15. The van der Waals surface area contributed by atoms with Crippen LogP contribution in [0.2, 0.25) is 0 Å². The summed E-state index contributed by atoms with van der Waals surface area (Å²) >= 11 is 1.18. The summed E-state index contributed by atoms with van der Waals surface area (Å²) in [6.45, 7) is 0.191. The van der Waals surface area contributed by atoms with Gasteiger partial charge >= 0.3 is 5.97 Å². The van der Waals surface area contributed by atoms with Gasteiger partial charge in [-0.05, 0) is 41.3 Å². The van der Waals surface area contributed by atoms with Crippen molar-refractivity contribution >= 4 is 28.9 Å². The van der Waals surface area contributed by atoms with Gasteiger partial charge in [0.2, 0.25) is 0 Å². The summed E-state index contributed by atoms with van der Waals surface area (Å²) in [5.74, 6) is -0.862. The van der Waals surface area contributed by atoms with E-state index in [1.807, 2.05) is 0 Å². The Labute approximate surface area is 159 Å². The first-order valence-electron chi connectivity index (χ1n) is 8.02. The molecule has 3 rings (SSSR count). The first-order valence-corrected chi connectivity index (χ1v) is 8.90. The Morgan fingerprint density at radius 1 is 1.07 bits per heavy atom. The molecule has 0 radical (unpaired) electrons. The molecule has 27 heavy (non-hydrogen) atoms. The van der Waals surface area contributed by atoms with Gasteiger partial charge < -0.3 is 14.8 Å². The van der Waals surface area contributed by atoms with Crippen LogP contribution >= 0.6 is 11.3 Å². The maximum atomic E-state index is 13.0. The molecule has 3 aromatic rings. The van der Waals surface area contributed by atoms with Crippen LogP contribution in [0, 0.1) is 5.82 Å². The van der Waals surface area contributed by atoms with E-state index in [1.54, 1.807) is 47.8 Å². The number of ether oxygens (including phenoxy) is 2. The van der Waals surface area contributed by atoms with Gasteiger partial charge in [0.25, 0.3) is 5.91 Å². The molecule has 0 atom stereocenters. The molecule has 0 bridgehead atoms. The highest BCUT2D eigenvalue weighted by molar-refractivity contribution is 7.12. The second-order valence-corrected chi connectivity index (χ2v) is 6.44. The number of methoxy groups -OCH3 is 1. The van der Waals surface area contributed by atoms with Crippen LogP contribution in [0.25, 0.3) is 0 Å². The summed E-state index contributed by atoms with van der Waals surface area (Å²) in [6, 6.07) is 14.3. The van der Waals surface area contributed by atoms with E-state index in [4.69, 9.17) is 9.47 Å². The van der Waals surface area contributed by atoms with E-state index >= 15 is 0 Å². The smallest absolute Gasteiger partial charge is 0.350 e. The number of anilines is 1. The van der Waals surface area contributed by atoms with E-state index in [9.17, 15) is 14.0 Å². The summed E-state index contributed by atoms with van der Waals surface area (Å²) in [5.41, 5.74) is 1.48. The van der Waals surface area contributed by atoms with Crippen LogP contribution in [0.4, 0.5) is 10.1 Å². The molecule has 0 aliphatic heterocycles. The van der Waals surface area contributed by atoms with Crippen molar-refractivity contribution in [2.24, 2.45) is 0 Å². The van der Waals surface area contributed by atoms with Crippen LogP contribution in [-0.4, -0.2) is 19.0 Å². The van der Waals surface area contributed by atoms with E-state index in [0.29, 0.717) is 21.9 Å². The van der Waals surface area contributed by atoms with Crippen molar-refractivity contribution in [2.45, 2.75) is 6.61 Å². The predicted molar refractivity (Wildman–Crippen MR) is 101 cm³/mol. The fourth-order valence-corrected chi connectivity index (χ4v) is 3.14. The molecule has 1 amide bonds. The average Bonchev–Trinajstić information content (AvgIpc) is 3.15. The molecule has 0 saturated carbocycles. The van der Waals surface area contributed by atoms with E-state index in [1.165, 1.54) is 30.6 Å². The number of benzene rings is 2. The molecule has 0 aliphatic rings. The van der Waals surface area contributed by atoms with Gasteiger partial charge in [0, 0.05) is 0 Å². The Bertz CT molecular complexity index is 953. The summed E-state index contributed by atoms with van der Waals surface area (Å²) in [5, 5.41) is 4.40. The number of thiophene rings is 1. The Kier molecular flexibility index (Phi) is 5.83. The third kappa shape index (κ3) is 4.51. The number of esters is 1. The van der Waals surface area contributed by atoms with Gasteiger partial charge in [-0.3, -0.25) is 4.79 Å². The number of carbonyl (C=O) groups excluding carboxylic acids is 2. The van der Waals surface area contributed by atoms with Crippen molar-refractivity contribution in [3.63, 3.8) is 0 Å². The fourth-order valence-electron chi connectivity index (χ4n) is 2.37. The van der Waals surface area contributed by atoms with Gasteiger partial charge in [0.05, 0.1) is 18.4 Å². The van der Waals surface area contributed by atoms with E-state index in [0.717, 1.165) is 5.56 Å². The molecule has 0 spiro atoms. The highest BCUT2D eigenvalue weighted by atomic mass is 32.1. The second-order valence-electron chi connectivity index (χ2n) is 5.52. The predicted octanol–water partition coefficient (Wildman–Crippen LogP) is 4.51. The zero-order valence-corrected chi connectivity index (χ0v) is 15.2. The number of rotatable bonds is 6.